The second kappa shape index (κ2) is 6.07. The predicted octanol–water partition coefficient (Wildman–Crippen LogP) is 2.82. The van der Waals surface area contributed by atoms with Gasteiger partial charge in [0.15, 0.2) is 0 Å². The molecule has 1 heterocycles. The van der Waals surface area contributed by atoms with Crippen LogP contribution in [0.1, 0.15) is 45.2 Å². The maximum atomic E-state index is 13.2. The van der Waals surface area contributed by atoms with E-state index in [0.717, 1.165) is 12.8 Å². The van der Waals surface area contributed by atoms with E-state index in [4.69, 9.17) is 10.5 Å². The lowest BCUT2D eigenvalue weighted by atomic mass is 9.85. The van der Waals surface area contributed by atoms with E-state index < -0.39 is 5.60 Å². The molecule has 0 aliphatic rings. The number of nitrogens with zero attached hydrogens (tertiary/aromatic N) is 1. The van der Waals surface area contributed by atoms with Crippen LogP contribution in [0, 0.1) is 5.82 Å². The van der Waals surface area contributed by atoms with E-state index in [1.807, 2.05) is 20.8 Å². The van der Waals surface area contributed by atoms with Gasteiger partial charge in [-0.05, 0) is 31.4 Å². The van der Waals surface area contributed by atoms with Gasteiger partial charge in [-0.15, -0.1) is 0 Å². The minimum Gasteiger partial charge on any atom is -0.373 e. The van der Waals surface area contributed by atoms with Crippen molar-refractivity contribution in [3.05, 3.63) is 29.8 Å². The summed E-state index contributed by atoms with van der Waals surface area (Å²) in [7, 11) is 0. The molecular formula is C13H21FN2O. The fourth-order valence-corrected chi connectivity index (χ4v) is 2.17. The van der Waals surface area contributed by atoms with Crippen LogP contribution in [-0.2, 0) is 4.74 Å². The van der Waals surface area contributed by atoms with Crippen molar-refractivity contribution in [3.63, 3.8) is 0 Å². The average Bonchev–Trinajstić information content (AvgIpc) is 2.35. The largest absolute Gasteiger partial charge is 0.373 e. The monoisotopic (exact) mass is 240 g/mol. The third-order valence-electron chi connectivity index (χ3n) is 3.28. The zero-order valence-corrected chi connectivity index (χ0v) is 10.7. The van der Waals surface area contributed by atoms with Gasteiger partial charge in [0, 0.05) is 12.8 Å². The molecule has 4 heteroatoms. The van der Waals surface area contributed by atoms with Crippen molar-refractivity contribution < 1.29 is 9.13 Å². The molecule has 17 heavy (non-hydrogen) atoms. The van der Waals surface area contributed by atoms with Crippen molar-refractivity contribution >= 4 is 0 Å². The van der Waals surface area contributed by atoms with Crippen LogP contribution in [0.3, 0.4) is 0 Å². The third-order valence-corrected chi connectivity index (χ3v) is 3.28. The first-order valence-corrected chi connectivity index (χ1v) is 6.09. The molecule has 0 aliphatic carbocycles. The van der Waals surface area contributed by atoms with E-state index in [1.165, 1.54) is 12.3 Å². The minimum atomic E-state index is -0.440. The number of rotatable bonds is 6. The first-order valence-electron chi connectivity index (χ1n) is 6.09. The Hall–Kier alpha value is -1.00. The Morgan fingerprint density at radius 1 is 1.35 bits per heavy atom. The Morgan fingerprint density at radius 2 is 2.00 bits per heavy atom. The fourth-order valence-electron chi connectivity index (χ4n) is 2.17. The van der Waals surface area contributed by atoms with Crippen LogP contribution in [0.25, 0.3) is 0 Å². The van der Waals surface area contributed by atoms with Crippen LogP contribution in [0.4, 0.5) is 4.39 Å². The lowest BCUT2D eigenvalue weighted by molar-refractivity contribution is -0.0646. The predicted molar refractivity (Wildman–Crippen MR) is 66.1 cm³/mol. The van der Waals surface area contributed by atoms with Crippen LogP contribution >= 0.6 is 0 Å². The van der Waals surface area contributed by atoms with Gasteiger partial charge >= 0.3 is 0 Å². The van der Waals surface area contributed by atoms with E-state index >= 15 is 0 Å². The average molecular weight is 240 g/mol. The number of pyridine rings is 1. The van der Waals surface area contributed by atoms with Crippen LogP contribution in [0.5, 0.6) is 0 Å². The zero-order valence-electron chi connectivity index (χ0n) is 10.7. The maximum absolute atomic E-state index is 13.2. The maximum Gasteiger partial charge on any atom is 0.141 e. The first-order chi connectivity index (χ1) is 8.09. The van der Waals surface area contributed by atoms with E-state index in [1.54, 1.807) is 6.20 Å². The number of halogens is 1. The molecule has 0 aliphatic heterocycles. The zero-order chi connectivity index (χ0) is 12.9. The van der Waals surface area contributed by atoms with E-state index in [0.29, 0.717) is 12.2 Å². The van der Waals surface area contributed by atoms with Crippen molar-refractivity contribution in [3.8, 4) is 0 Å². The van der Waals surface area contributed by atoms with Crippen molar-refractivity contribution in [1.29, 1.82) is 0 Å². The Balaban J connectivity index is 3.02. The summed E-state index contributed by atoms with van der Waals surface area (Å²) < 4.78 is 19.0. The molecule has 2 N–H and O–H groups in total. The fraction of sp³-hybridized carbons (Fsp3) is 0.615. The number of hydrogen-bond donors (Lipinski definition) is 1. The first kappa shape index (κ1) is 14.1. The third kappa shape index (κ3) is 3.01. The highest BCUT2D eigenvalue weighted by atomic mass is 19.1. The van der Waals surface area contributed by atoms with Gasteiger partial charge in [-0.3, -0.25) is 4.98 Å². The Kier molecular flexibility index (Phi) is 5.02. The van der Waals surface area contributed by atoms with Gasteiger partial charge < -0.3 is 10.5 Å². The van der Waals surface area contributed by atoms with Crippen LogP contribution in [0.2, 0.25) is 0 Å². The molecule has 0 radical (unpaired) electrons. The van der Waals surface area contributed by atoms with E-state index in [9.17, 15) is 4.39 Å². The standard InChI is InChI=1S/C13H21FN2O/c1-4-13(5-2,17-6-3)12(15)10-7-11(14)9-16-8-10/h7-9,12H,4-6,15H2,1-3H3. The summed E-state index contributed by atoms with van der Waals surface area (Å²) in [5.74, 6) is -0.365. The summed E-state index contributed by atoms with van der Waals surface area (Å²) in [6, 6.07) is 1.07. The van der Waals surface area contributed by atoms with Crippen molar-refractivity contribution in [2.45, 2.75) is 45.3 Å². The second-order valence-electron chi connectivity index (χ2n) is 4.12. The molecule has 0 saturated heterocycles. The Morgan fingerprint density at radius 3 is 2.47 bits per heavy atom. The summed E-state index contributed by atoms with van der Waals surface area (Å²) in [5, 5.41) is 0. The normalized spacial score (nSPS) is 13.7. The van der Waals surface area contributed by atoms with Crippen LogP contribution in [0.15, 0.2) is 18.5 Å². The minimum absolute atomic E-state index is 0.361. The van der Waals surface area contributed by atoms with Gasteiger partial charge in [0.25, 0.3) is 0 Å². The number of nitrogens with two attached hydrogens (primary N) is 1. The molecule has 1 unspecified atom stereocenters. The quantitative estimate of drug-likeness (QED) is 0.831. The molecule has 0 fully saturated rings. The summed E-state index contributed by atoms with van der Waals surface area (Å²) in [6.07, 6.45) is 4.35. The molecular weight excluding hydrogens is 219 g/mol. The van der Waals surface area contributed by atoms with E-state index in [2.05, 4.69) is 4.98 Å². The van der Waals surface area contributed by atoms with Gasteiger partial charge in [0.1, 0.15) is 5.82 Å². The molecule has 0 saturated carbocycles. The van der Waals surface area contributed by atoms with Gasteiger partial charge in [-0.25, -0.2) is 4.39 Å². The topological polar surface area (TPSA) is 48.1 Å². The van der Waals surface area contributed by atoms with Crippen molar-refractivity contribution in [2.75, 3.05) is 6.61 Å². The summed E-state index contributed by atoms with van der Waals surface area (Å²) in [4.78, 5) is 3.84. The highest BCUT2D eigenvalue weighted by molar-refractivity contribution is 5.18. The summed E-state index contributed by atoms with van der Waals surface area (Å²) in [5.41, 5.74) is 6.46. The van der Waals surface area contributed by atoms with Gasteiger partial charge in [-0.1, -0.05) is 13.8 Å². The smallest absolute Gasteiger partial charge is 0.141 e. The molecule has 96 valence electrons. The molecule has 0 spiro atoms. The van der Waals surface area contributed by atoms with E-state index in [-0.39, 0.29) is 11.9 Å². The number of aromatic nitrogens is 1. The molecule has 0 aromatic carbocycles. The van der Waals surface area contributed by atoms with Crippen molar-refractivity contribution in [1.82, 2.24) is 4.98 Å². The second-order valence-corrected chi connectivity index (χ2v) is 4.12. The molecule has 1 rings (SSSR count). The van der Waals surface area contributed by atoms with Gasteiger partial charge in [0.2, 0.25) is 0 Å². The Bertz CT molecular complexity index is 353. The SMILES string of the molecule is CCOC(CC)(CC)C(N)c1cncc(F)c1. The van der Waals surface area contributed by atoms with Crippen molar-refractivity contribution in [2.24, 2.45) is 5.73 Å². The highest BCUT2D eigenvalue weighted by Crippen LogP contribution is 2.33. The molecule has 3 nitrogen and oxygen atoms in total. The van der Waals surface area contributed by atoms with Gasteiger partial charge in [0.05, 0.1) is 17.8 Å². The molecule has 0 bridgehead atoms. The summed E-state index contributed by atoms with van der Waals surface area (Å²) >= 11 is 0. The summed E-state index contributed by atoms with van der Waals surface area (Å²) in [6.45, 7) is 6.60. The van der Waals surface area contributed by atoms with Crippen LogP contribution < -0.4 is 5.73 Å². The molecule has 1 aromatic rings. The molecule has 1 atom stereocenters. The molecule has 0 amide bonds. The van der Waals surface area contributed by atoms with Gasteiger partial charge in [-0.2, -0.15) is 0 Å². The number of hydrogen-bond acceptors (Lipinski definition) is 3. The van der Waals surface area contributed by atoms with Crippen LogP contribution in [-0.4, -0.2) is 17.2 Å². The molecule has 1 aromatic heterocycles. The lowest BCUT2D eigenvalue weighted by Crippen LogP contribution is -2.43. The number of ether oxygens (including phenoxy) is 1. The Labute approximate surface area is 102 Å². The lowest BCUT2D eigenvalue weighted by Gasteiger charge is -2.37. The highest BCUT2D eigenvalue weighted by Gasteiger charge is 2.35.